The van der Waals surface area contributed by atoms with Crippen molar-refractivity contribution in [3.8, 4) is 0 Å². The van der Waals surface area contributed by atoms with Crippen LogP contribution < -0.4 is 5.32 Å². The summed E-state index contributed by atoms with van der Waals surface area (Å²) >= 11 is 13.0. The predicted octanol–water partition coefficient (Wildman–Crippen LogP) is 5.18. The van der Waals surface area contributed by atoms with E-state index in [-0.39, 0.29) is 0 Å². The highest BCUT2D eigenvalue weighted by atomic mass is 79.9. The van der Waals surface area contributed by atoms with Crippen molar-refractivity contribution >= 4 is 49.1 Å². The van der Waals surface area contributed by atoms with Crippen LogP contribution in [0.2, 0.25) is 5.15 Å². The number of nitrogens with zero attached hydrogens (tertiary/aromatic N) is 1. The Balaban J connectivity index is 2.11. The van der Waals surface area contributed by atoms with Gasteiger partial charge in [0.25, 0.3) is 0 Å². The number of aromatic nitrogens is 1. The van der Waals surface area contributed by atoms with Gasteiger partial charge in [0.05, 0.1) is 5.69 Å². The molecule has 0 saturated carbocycles. The minimum atomic E-state index is 0.497. The maximum absolute atomic E-state index is 6.03. The molecular weight excluding hydrogens is 379 g/mol. The van der Waals surface area contributed by atoms with Crippen LogP contribution in [0.4, 0.5) is 5.69 Å². The summed E-state index contributed by atoms with van der Waals surface area (Å²) in [5.74, 6) is 0. The summed E-state index contributed by atoms with van der Waals surface area (Å²) in [5, 5.41) is 3.78. The Kier molecular flexibility index (Phi) is 4.65. The number of halogens is 3. The third kappa shape index (κ3) is 3.46. The standard InChI is InChI=1S/C13H11Br2ClN2/c1-8-4-12(13(16)18-6-8)17-7-9-2-3-10(14)11(15)5-9/h2-6,17H,7H2,1H3. The number of aryl methyl sites for hydroxylation is 1. The molecule has 0 unspecified atom stereocenters. The highest BCUT2D eigenvalue weighted by molar-refractivity contribution is 9.13. The quantitative estimate of drug-likeness (QED) is 0.731. The minimum Gasteiger partial charge on any atom is -0.378 e. The van der Waals surface area contributed by atoms with Crippen LogP contribution in [0.3, 0.4) is 0 Å². The average molecular weight is 391 g/mol. The number of nitrogens with one attached hydrogen (secondary N) is 1. The molecule has 2 rings (SSSR count). The Labute approximate surface area is 128 Å². The second-order valence-corrected chi connectivity index (χ2v) is 6.02. The molecule has 0 spiro atoms. The van der Waals surface area contributed by atoms with Crippen LogP contribution in [-0.4, -0.2) is 4.98 Å². The van der Waals surface area contributed by atoms with Crippen LogP contribution in [0.5, 0.6) is 0 Å². The van der Waals surface area contributed by atoms with Crippen molar-refractivity contribution in [1.29, 1.82) is 0 Å². The van der Waals surface area contributed by atoms with Crippen molar-refractivity contribution in [1.82, 2.24) is 4.98 Å². The first-order valence-corrected chi connectivity index (χ1v) is 7.32. The first-order chi connectivity index (χ1) is 8.56. The predicted molar refractivity (Wildman–Crippen MR) is 83.2 cm³/mol. The van der Waals surface area contributed by atoms with Crippen molar-refractivity contribution < 1.29 is 0 Å². The van der Waals surface area contributed by atoms with Gasteiger partial charge in [-0.05, 0) is 68.1 Å². The molecule has 1 heterocycles. The number of rotatable bonds is 3. The van der Waals surface area contributed by atoms with E-state index in [1.165, 1.54) is 5.56 Å². The molecule has 0 bridgehead atoms. The van der Waals surface area contributed by atoms with E-state index in [9.17, 15) is 0 Å². The van der Waals surface area contributed by atoms with E-state index in [1.54, 1.807) is 6.20 Å². The van der Waals surface area contributed by atoms with Crippen molar-refractivity contribution in [2.75, 3.05) is 5.32 Å². The zero-order valence-electron chi connectivity index (χ0n) is 9.67. The third-order valence-electron chi connectivity index (χ3n) is 2.44. The topological polar surface area (TPSA) is 24.9 Å². The second kappa shape index (κ2) is 6.04. The van der Waals surface area contributed by atoms with E-state index in [0.717, 1.165) is 20.2 Å². The molecule has 1 aromatic carbocycles. The van der Waals surface area contributed by atoms with Gasteiger partial charge in [-0.2, -0.15) is 0 Å². The molecule has 1 N–H and O–H groups in total. The lowest BCUT2D eigenvalue weighted by atomic mass is 10.2. The summed E-state index contributed by atoms with van der Waals surface area (Å²) in [6.45, 7) is 2.70. The number of anilines is 1. The summed E-state index contributed by atoms with van der Waals surface area (Å²) in [7, 11) is 0. The molecule has 0 aliphatic carbocycles. The molecule has 18 heavy (non-hydrogen) atoms. The summed E-state index contributed by atoms with van der Waals surface area (Å²) in [6.07, 6.45) is 1.75. The fourth-order valence-electron chi connectivity index (χ4n) is 1.52. The summed E-state index contributed by atoms with van der Waals surface area (Å²) in [4.78, 5) is 4.11. The Morgan fingerprint density at radius 3 is 2.72 bits per heavy atom. The SMILES string of the molecule is Cc1cnc(Cl)c(NCc2ccc(Br)c(Br)c2)c1. The molecule has 5 heteroatoms. The first kappa shape index (κ1) is 13.8. The molecular formula is C13H11Br2ClN2. The number of benzene rings is 1. The highest BCUT2D eigenvalue weighted by Gasteiger charge is 2.03. The highest BCUT2D eigenvalue weighted by Crippen LogP contribution is 2.25. The molecule has 0 radical (unpaired) electrons. The summed E-state index contributed by atoms with van der Waals surface area (Å²) in [5.41, 5.74) is 3.11. The van der Waals surface area contributed by atoms with Gasteiger partial charge >= 0.3 is 0 Å². The van der Waals surface area contributed by atoms with Gasteiger partial charge in [0.2, 0.25) is 0 Å². The Morgan fingerprint density at radius 1 is 1.22 bits per heavy atom. The van der Waals surface area contributed by atoms with E-state index in [4.69, 9.17) is 11.6 Å². The number of pyridine rings is 1. The lowest BCUT2D eigenvalue weighted by Gasteiger charge is -2.09. The van der Waals surface area contributed by atoms with Crippen molar-refractivity contribution in [3.63, 3.8) is 0 Å². The molecule has 0 aliphatic heterocycles. The fraction of sp³-hybridized carbons (Fsp3) is 0.154. The van der Waals surface area contributed by atoms with Gasteiger partial charge in [-0.3, -0.25) is 0 Å². The molecule has 0 saturated heterocycles. The van der Waals surface area contributed by atoms with Crippen LogP contribution in [0, 0.1) is 6.92 Å². The molecule has 0 aliphatic rings. The Hall–Kier alpha value is -0.580. The molecule has 2 aromatic rings. The normalized spacial score (nSPS) is 10.4. The third-order valence-corrected chi connectivity index (χ3v) is 4.62. The zero-order chi connectivity index (χ0) is 13.1. The van der Waals surface area contributed by atoms with Crippen molar-refractivity contribution in [3.05, 3.63) is 55.7 Å². The van der Waals surface area contributed by atoms with Crippen LogP contribution in [-0.2, 0) is 6.54 Å². The maximum atomic E-state index is 6.03. The Bertz CT molecular complexity index is 573. The fourth-order valence-corrected chi connectivity index (χ4v) is 2.37. The van der Waals surface area contributed by atoms with Crippen molar-refractivity contribution in [2.24, 2.45) is 0 Å². The number of hydrogen-bond donors (Lipinski definition) is 1. The first-order valence-electron chi connectivity index (χ1n) is 5.36. The average Bonchev–Trinajstić information content (AvgIpc) is 2.34. The number of hydrogen-bond acceptors (Lipinski definition) is 2. The molecule has 0 amide bonds. The molecule has 2 nitrogen and oxygen atoms in total. The van der Waals surface area contributed by atoms with Gasteiger partial charge in [-0.1, -0.05) is 17.7 Å². The van der Waals surface area contributed by atoms with E-state index in [2.05, 4.69) is 54.3 Å². The van der Waals surface area contributed by atoms with Gasteiger partial charge in [-0.25, -0.2) is 4.98 Å². The van der Waals surface area contributed by atoms with Gasteiger partial charge in [0, 0.05) is 21.7 Å². The largest absolute Gasteiger partial charge is 0.378 e. The minimum absolute atomic E-state index is 0.497. The maximum Gasteiger partial charge on any atom is 0.152 e. The second-order valence-electron chi connectivity index (χ2n) is 3.95. The van der Waals surface area contributed by atoms with Gasteiger partial charge in [0.1, 0.15) is 0 Å². The smallest absolute Gasteiger partial charge is 0.152 e. The monoisotopic (exact) mass is 388 g/mol. The van der Waals surface area contributed by atoms with E-state index in [1.807, 2.05) is 19.1 Å². The molecule has 1 aromatic heterocycles. The van der Waals surface area contributed by atoms with Crippen LogP contribution in [0.1, 0.15) is 11.1 Å². The zero-order valence-corrected chi connectivity index (χ0v) is 13.6. The van der Waals surface area contributed by atoms with E-state index < -0.39 is 0 Å². The molecule has 0 fully saturated rings. The van der Waals surface area contributed by atoms with Gasteiger partial charge in [0.15, 0.2) is 5.15 Å². The summed E-state index contributed by atoms with van der Waals surface area (Å²) in [6, 6.07) is 8.12. The van der Waals surface area contributed by atoms with Gasteiger partial charge < -0.3 is 5.32 Å². The molecule has 94 valence electrons. The Morgan fingerprint density at radius 2 is 2.00 bits per heavy atom. The van der Waals surface area contributed by atoms with Crippen molar-refractivity contribution in [2.45, 2.75) is 13.5 Å². The lowest BCUT2D eigenvalue weighted by molar-refractivity contribution is 1.13. The van der Waals surface area contributed by atoms with Gasteiger partial charge in [-0.15, -0.1) is 0 Å². The van der Waals surface area contributed by atoms with Crippen LogP contribution >= 0.6 is 43.5 Å². The summed E-state index contributed by atoms with van der Waals surface area (Å²) < 4.78 is 2.08. The van der Waals surface area contributed by atoms with E-state index in [0.29, 0.717) is 11.7 Å². The van der Waals surface area contributed by atoms with Crippen LogP contribution in [0.25, 0.3) is 0 Å². The van der Waals surface area contributed by atoms with Crippen LogP contribution in [0.15, 0.2) is 39.4 Å². The molecule has 0 atom stereocenters. The lowest BCUT2D eigenvalue weighted by Crippen LogP contribution is -2.01. The van der Waals surface area contributed by atoms with E-state index >= 15 is 0 Å².